The molecule has 2 saturated heterocycles. The van der Waals surface area contributed by atoms with Crippen LogP contribution in [-0.4, -0.2) is 36.3 Å². The lowest BCUT2D eigenvalue weighted by Crippen LogP contribution is -2.44. The van der Waals surface area contributed by atoms with Crippen LogP contribution in [0.25, 0.3) is 0 Å². The van der Waals surface area contributed by atoms with Crippen molar-refractivity contribution in [1.82, 2.24) is 4.90 Å². The molecule has 0 radical (unpaired) electrons. The molecular formula is C14H17NO3. The van der Waals surface area contributed by atoms with Gasteiger partial charge in [0.1, 0.15) is 6.61 Å². The molecule has 4 nitrogen and oxygen atoms in total. The topological polar surface area (TPSA) is 38.8 Å². The molecule has 2 bridgehead atoms. The second-order valence-electron chi connectivity index (χ2n) is 4.87. The monoisotopic (exact) mass is 247 g/mol. The fourth-order valence-electron chi connectivity index (χ4n) is 2.61. The third-order valence-electron chi connectivity index (χ3n) is 3.63. The van der Waals surface area contributed by atoms with Crippen LogP contribution in [0.2, 0.25) is 0 Å². The molecule has 1 aromatic carbocycles. The number of hydrogen-bond donors (Lipinski definition) is 0. The molecule has 0 aromatic heterocycles. The maximum atomic E-state index is 12.0. The summed E-state index contributed by atoms with van der Waals surface area (Å²) in [7, 11) is 0. The van der Waals surface area contributed by atoms with Gasteiger partial charge in [-0.1, -0.05) is 30.3 Å². The van der Waals surface area contributed by atoms with Crippen molar-refractivity contribution in [3.63, 3.8) is 0 Å². The minimum Gasteiger partial charge on any atom is -0.445 e. The van der Waals surface area contributed by atoms with Gasteiger partial charge in [0.25, 0.3) is 0 Å². The number of piperidine rings is 1. The third kappa shape index (κ3) is 2.34. The molecule has 2 unspecified atom stereocenters. The highest BCUT2D eigenvalue weighted by molar-refractivity contribution is 5.68. The molecule has 0 saturated carbocycles. The first-order valence-electron chi connectivity index (χ1n) is 6.42. The summed E-state index contributed by atoms with van der Waals surface area (Å²) >= 11 is 0. The van der Waals surface area contributed by atoms with E-state index in [4.69, 9.17) is 9.47 Å². The number of rotatable bonds is 2. The van der Waals surface area contributed by atoms with Crippen LogP contribution in [0.15, 0.2) is 30.3 Å². The quantitative estimate of drug-likeness (QED) is 0.804. The van der Waals surface area contributed by atoms with Crippen molar-refractivity contribution in [2.75, 3.05) is 13.2 Å². The molecule has 2 aliphatic rings. The van der Waals surface area contributed by atoms with Crippen LogP contribution >= 0.6 is 0 Å². The molecule has 0 N–H and O–H groups in total. The van der Waals surface area contributed by atoms with E-state index in [0.717, 1.165) is 24.9 Å². The van der Waals surface area contributed by atoms with E-state index in [9.17, 15) is 4.79 Å². The Bertz CT molecular complexity index is 420. The van der Waals surface area contributed by atoms with Crippen molar-refractivity contribution in [1.29, 1.82) is 0 Å². The van der Waals surface area contributed by atoms with Crippen LogP contribution in [0.5, 0.6) is 0 Å². The van der Waals surface area contributed by atoms with Gasteiger partial charge in [-0.25, -0.2) is 4.79 Å². The minimum atomic E-state index is -0.215. The maximum absolute atomic E-state index is 12.0. The summed E-state index contributed by atoms with van der Waals surface area (Å²) in [6, 6.07) is 9.97. The second kappa shape index (κ2) is 4.98. The zero-order chi connectivity index (χ0) is 12.4. The molecule has 18 heavy (non-hydrogen) atoms. The van der Waals surface area contributed by atoms with E-state index in [1.54, 1.807) is 0 Å². The second-order valence-corrected chi connectivity index (χ2v) is 4.87. The Morgan fingerprint density at radius 1 is 1.39 bits per heavy atom. The van der Waals surface area contributed by atoms with Crippen molar-refractivity contribution in [2.24, 2.45) is 0 Å². The normalized spacial score (nSPS) is 26.1. The highest BCUT2D eigenvalue weighted by atomic mass is 16.6. The Hall–Kier alpha value is -1.55. The van der Waals surface area contributed by atoms with Gasteiger partial charge in [-0.2, -0.15) is 0 Å². The van der Waals surface area contributed by atoms with Crippen molar-refractivity contribution in [3.05, 3.63) is 35.9 Å². The predicted octanol–water partition coefficient (Wildman–Crippen LogP) is 2.19. The van der Waals surface area contributed by atoms with Gasteiger partial charge >= 0.3 is 6.09 Å². The first-order valence-corrected chi connectivity index (χ1v) is 6.42. The summed E-state index contributed by atoms with van der Waals surface area (Å²) in [5, 5.41) is 0. The Kier molecular flexibility index (Phi) is 3.19. The molecule has 4 heteroatoms. The van der Waals surface area contributed by atoms with Crippen molar-refractivity contribution in [2.45, 2.75) is 31.6 Å². The van der Waals surface area contributed by atoms with E-state index >= 15 is 0 Å². The number of fused-ring (bicyclic) bond motifs is 2. The van der Waals surface area contributed by atoms with Gasteiger partial charge in [0.2, 0.25) is 0 Å². The standard InChI is InChI=1S/C14H17NO3/c16-14(18-9-11-4-2-1-3-5-11)15-7-6-13-8-12(15)10-17-13/h1-5,12-13H,6-10H2. The van der Waals surface area contributed by atoms with Gasteiger partial charge in [-0.3, -0.25) is 0 Å². The summed E-state index contributed by atoms with van der Waals surface area (Å²) in [5.74, 6) is 0. The van der Waals surface area contributed by atoms with Gasteiger partial charge in [0.15, 0.2) is 0 Å². The lowest BCUT2D eigenvalue weighted by molar-refractivity contribution is 0.0754. The fraction of sp³-hybridized carbons (Fsp3) is 0.500. The third-order valence-corrected chi connectivity index (χ3v) is 3.63. The number of hydrogen-bond acceptors (Lipinski definition) is 3. The number of carbonyl (C=O) groups excluding carboxylic acids is 1. The summed E-state index contributed by atoms with van der Waals surface area (Å²) in [6.45, 7) is 1.75. The molecule has 3 rings (SSSR count). The average Bonchev–Trinajstić information content (AvgIpc) is 2.79. The van der Waals surface area contributed by atoms with Crippen LogP contribution in [0.4, 0.5) is 4.79 Å². The number of nitrogens with zero attached hydrogens (tertiary/aromatic N) is 1. The molecule has 2 heterocycles. The number of ether oxygens (including phenoxy) is 2. The molecule has 2 atom stereocenters. The van der Waals surface area contributed by atoms with E-state index in [1.807, 2.05) is 35.2 Å². The van der Waals surface area contributed by atoms with Crippen LogP contribution in [0, 0.1) is 0 Å². The number of benzene rings is 1. The van der Waals surface area contributed by atoms with E-state index < -0.39 is 0 Å². The van der Waals surface area contributed by atoms with Gasteiger partial charge in [-0.15, -0.1) is 0 Å². The Balaban J connectivity index is 1.55. The lowest BCUT2D eigenvalue weighted by atomic mass is 10.0. The summed E-state index contributed by atoms with van der Waals surface area (Å²) in [5.41, 5.74) is 1.02. The van der Waals surface area contributed by atoms with E-state index in [0.29, 0.717) is 19.3 Å². The molecule has 2 aliphatic heterocycles. The van der Waals surface area contributed by atoms with Crippen LogP contribution in [0.1, 0.15) is 18.4 Å². The molecular weight excluding hydrogens is 230 g/mol. The first-order chi connectivity index (χ1) is 8.83. The fourth-order valence-corrected chi connectivity index (χ4v) is 2.61. The number of amides is 1. The number of carbonyl (C=O) groups is 1. The highest BCUT2D eigenvalue weighted by Gasteiger charge is 2.38. The highest BCUT2D eigenvalue weighted by Crippen LogP contribution is 2.27. The average molecular weight is 247 g/mol. The van der Waals surface area contributed by atoms with Gasteiger partial charge < -0.3 is 14.4 Å². The zero-order valence-electron chi connectivity index (χ0n) is 10.2. The SMILES string of the molecule is O=C(OCc1ccccc1)N1CCC2CC1CO2. The van der Waals surface area contributed by atoms with Gasteiger partial charge in [0, 0.05) is 6.54 Å². The van der Waals surface area contributed by atoms with E-state index in [1.165, 1.54) is 0 Å². The molecule has 2 fully saturated rings. The van der Waals surface area contributed by atoms with Gasteiger partial charge in [0.05, 0.1) is 18.8 Å². The first kappa shape index (κ1) is 11.5. The zero-order valence-corrected chi connectivity index (χ0v) is 10.2. The summed E-state index contributed by atoms with van der Waals surface area (Å²) in [6.07, 6.45) is 2.03. The molecule has 0 spiro atoms. The molecule has 96 valence electrons. The molecule has 1 amide bonds. The Morgan fingerprint density at radius 3 is 3.06 bits per heavy atom. The largest absolute Gasteiger partial charge is 0.445 e. The smallest absolute Gasteiger partial charge is 0.410 e. The van der Waals surface area contributed by atoms with Crippen LogP contribution in [0.3, 0.4) is 0 Å². The Labute approximate surface area is 106 Å². The van der Waals surface area contributed by atoms with Crippen molar-refractivity contribution >= 4 is 6.09 Å². The van der Waals surface area contributed by atoms with Crippen LogP contribution in [-0.2, 0) is 16.1 Å². The van der Waals surface area contributed by atoms with Crippen LogP contribution < -0.4 is 0 Å². The lowest BCUT2D eigenvalue weighted by Gasteiger charge is -2.30. The number of likely N-dealkylation sites (tertiary alicyclic amines) is 1. The van der Waals surface area contributed by atoms with E-state index in [2.05, 4.69) is 0 Å². The van der Waals surface area contributed by atoms with E-state index in [-0.39, 0.29) is 12.1 Å². The summed E-state index contributed by atoms with van der Waals surface area (Å²) < 4.78 is 10.9. The molecule has 0 aliphatic carbocycles. The Morgan fingerprint density at radius 2 is 2.22 bits per heavy atom. The molecule has 1 aromatic rings. The predicted molar refractivity (Wildman–Crippen MR) is 66.1 cm³/mol. The van der Waals surface area contributed by atoms with Gasteiger partial charge in [-0.05, 0) is 18.4 Å². The maximum Gasteiger partial charge on any atom is 0.410 e. The van der Waals surface area contributed by atoms with Crippen molar-refractivity contribution in [3.8, 4) is 0 Å². The van der Waals surface area contributed by atoms with Crippen molar-refractivity contribution < 1.29 is 14.3 Å². The summed E-state index contributed by atoms with van der Waals surface area (Å²) in [4.78, 5) is 13.8. The minimum absolute atomic E-state index is 0.215.